The zero-order chi connectivity index (χ0) is 13.7. The first kappa shape index (κ1) is 14.3. The quantitative estimate of drug-likeness (QED) is 0.683. The van der Waals surface area contributed by atoms with Crippen LogP contribution in [-0.4, -0.2) is 29.6 Å². The van der Waals surface area contributed by atoms with E-state index in [2.05, 4.69) is 0 Å². The minimum absolute atomic E-state index is 0.242. The number of hydrogen-bond acceptors (Lipinski definition) is 3. The number of nitrogen functional groups attached to an aromatic ring is 1. The van der Waals surface area contributed by atoms with Gasteiger partial charge < -0.3 is 10.6 Å². The molecule has 0 radical (unpaired) electrons. The standard InChI is InChI=1S/C15H22N2OS/c1-12-6-7-14(13(16)10-12)19-11-15(18)17-8-4-2-3-5-9-17/h6-7,10H,2-5,8-9,11,16H2,1H3. The number of aryl methyl sites for hydroxylation is 1. The predicted molar refractivity (Wildman–Crippen MR) is 81.4 cm³/mol. The topological polar surface area (TPSA) is 46.3 Å². The molecule has 0 aromatic heterocycles. The summed E-state index contributed by atoms with van der Waals surface area (Å²) in [5.41, 5.74) is 7.89. The molecule has 1 aliphatic heterocycles. The maximum atomic E-state index is 12.2. The summed E-state index contributed by atoms with van der Waals surface area (Å²) in [6.45, 7) is 3.86. The molecule has 19 heavy (non-hydrogen) atoms. The molecule has 1 aromatic carbocycles. The molecule has 1 aromatic rings. The van der Waals surface area contributed by atoms with Crippen LogP contribution in [0.1, 0.15) is 31.2 Å². The first-order valence-electron chi connectivity index (χ1n) is 6.93. The van der Waals surface area contributed by atoms with Crippen LogP contribution < -0.4 is 5.73 Å². The van der Waals surface area contributed by atoms with E-state index in [4.69, 9.17) is 5.73 Å². The van der Waals surface area contributed by atoms with Crippen molar-refractivity contribution in [2.45, 2.75) is 37.5 Å². The number of amides is 1. The molecule has 0 spiro atoms. The van der Waals surface area contributed by atoms with Crippen LogP contribution >= 0.6 is 11.8 Å². The van der Waals surface area contributed by atoms with Gasteiger partial charge in [0.15, 0.2) is 0 Å². The number of nitrogens with two attached hydrogens (primary N) is 1. The number of nitrogens with zero attached hydrogens (tertiary/aromatic N) is 1. The number of hydrogen-bond donors (Lipinski definition) is 1. The van der Waals surface area contributed by atoms with Gasteiger partial charge in [0.1, 0.15) is 0 Å². The summed E-state index contributed by atoms with van der Waals surface area (Å²) in [4.78, 5) is 15.2. The molecule has 1 fully saturated rings. The zero-order valence-electron chi connectivity index (χ0n) is 11.5. The average molecular weight is 278 g/mol. The Kier molecular flexibility index (Phi) is 5.14. The molecule has 4 heteroatoms. The second-order valence-corrected chi connectivity index (χ2v) is 6.14. The Balaban J connectivity index is 1.88. The highest BCUT2D eigenvalue weighted by molar-refractivity contribution is 8.00. The summed E-state index contributed by atoms with van der Waals surface area (Å²) in [6, 6.07) is 6.00. The third-order valence-electron chi connectivity index (χ3n) is 3.48. The lowest BCUT2D eigenvalue weighted by Gasteiger charge is -2.20. The van der Waals surface area contributed by atoms with Crippen LogP contribution in [0.5, 0.6) is 0 Å². The number of carbonyl (C=O) groups is 1. The summed E-state index contributed by atoms with van der Waals surface area (Å²) in [5.74, 6) is 0.736. The van der Waals surface area contributed by atoms with Crippen LogP contribution in [0.15, 0.2) is 23.1 Å². The Morgan fingerprint density at radius 2 is 1.95 bits per heavy atom. The molecule has 1 amide bonds. The monoisotopic (exact) mass is 278 g/mol. The molecule has 0 aliphatic carbocycles. The third-order valence-corrected chi connectivity index (χ3v) is 4.55. The number of rotatable bonds is 3. The minimum atomic E-state index is 0.242. The van der Waals surface area contributed by atoms with Gasteiger partial charge in [0, 0.05) is 23.7 Å². The van der Waals surface area contributed by atoms with Crippen LogP contribution in [0.25, 0.3) is 0 Å². The molecule has 104 valence electrons. The Hall–Kier alpha value is -1.16. The van der Waals surface area contributed by atoms with Gasteiger partial charge in [-0.1, -0.05) is 18.9 Å². The van der Waals surface area contributed by atoms with Crippen molar-refractivity contribution in [2.24, 2.45) is 0 Å². The summed E-state index contributed by atoms with van der Waals surface area (Å²) in [5, 5.41) is 0. The molecule has 3 nitrogen and oxygen atoms in total. The van der Waals surface area contributed by atoms with Gasteiger partial charge in [0.05, 0.1) is 5.75 Å². The molecule has 2 rings (SSSR count). The van der Waals surface area contributed by atoms with Crippen molar-refractivity contribution in [3.63, 3.8) is 0 Å². The number of likely N-dealkylation sites (tertiary alicyclic amines) is 1. The van der Waals surface area contributed by atoms with E-state index in [9.17, 15) is 4.79 Å². The number of anilines is 1. The molecule has 0 saturated carbocycles. The Bertz CT molecular complexity index is 440. The van der Waals surface area contributed by atoms with E-state index in [0.29, 0.717) is 5.75 Å². The average Bonchev–Trinajstić information content (AvgIpc) is 2.66. The maximum Gasteiger partial charge on any atom is 0.232 e. The van der Waals surface area contributed by atoms with Crippen LogP contribution in [0, 0.1) is 6.92 Å². The molecule has 0 unspecified atom stereocenters. The van der Waals surface area contributed by atoms with E-state index >= 15 is 0 Å². The van der Waals surface area contributed by atoms with Crippen LogP contribution in [0.2, 0.25) is 0 Å². The highest BCUT2D eigenvalue weighted by atomic mass is 32.2. The van der Waals surface area contributed by atoms with Crippen LogP contribution in [-0.2, 0) is 4.79 Å². The number of benzene rings is 1. The first-order valence-corrected chi connectivity index (χ1v) is 7.92. The van der Waals surface area contributed by atoms with Crippen molar-refractivity contribution in [1.82, 2.24) is 4.90 Å². The predicted octanol–water partition coefficient (Wildman–Crippen LogP) is 3.07. The van der Waals surface area contributed by atoms with E-state index in [1.807, 2.05) is 30.0 Å². The normalized spacial score (nSPS) is 16.2. The van der Waals surface area contributed by atoms with Gasteiger partial charge in [0.2, 0.25) is 5.91 Å². The summed E-state index contributed by atoms with van der Waals surface area (Å²) >= 11 is 1.55. The molecular formula is C15H22N2OS. The number of thioether (sulfide) groups is 1. The van der Waals surface area contributed by atoms with Gasteiger partial charge >= 0.3 is 0 Å². The van der Waals surface area contributed by atoms with Crippen molar-refractivity contribution in [3.05, 3.63) is 23.8 Å². The van der Waals surface area contributed by atoms with E-state index in [1.54, 1.807) is 11.8 Å². The lowest BCUT2D eigenvalue weighted by Crippen LogP contribution is -2.33. The first-order chi connectivity index (χ1) is 9.16. The van der Waals surface area contributed by atoms with Gasteiger partial charge in [0.25, 0.3) is 0 Å². The Morgan fingerprint density at radius 3 is 2.58 bits per heavy atom. The van der Waals surface area contributed by atoms with Crippen molar-refractivity contribution in [1.29, 1.82) is 0 Å². The molecule has 1 saturated heterocycles. The third kappa shape index (κ3) is 4.16. The second-order valence-electron chi connectivity index (χ2n) is 5.12. The van der Waals surface area contributed by atoms with Crippen molar-refractivity contribution in [2.75, 3.05) is 24.6 Å². The number of carbonyl (C=O) groups excluding carboxylic acids is 1. The van der Waals surface area contributed by atoms with Crippen molar-refractivity contribution >= 4 is 23.4 Å². The molecule has 1 heterocycles. The molecule has 1 aliphatic rings. The fraction of sp³-hybridized carbons (Fsp3) is 0.533. The molecule has 0 atom stereocenters. The van der Waals surface area contributed by atoms with Gasteiger partial charge in [-0.05, 0) is 37.5 Å². The Labute approximate surface area is 119 Å². The van der Waals surface area contributed by atoms with Crippen LogP contribution in [0.4, 0.5) is 5.69 Å². The van der Waals surface area contributed by atoms with E-state index in [0.717, 1.165) is 42.1 Å². The summed E-state index contributed by atoms with van der Waals surface area (Å²) in [7, 11) is 0. The van der Waals surface area contributed by atoms with Gasteiger partial charge in [-0.2, -0.15) is 0 Å². The highest BCUT2D eigenvalue weighted by Crippen LogP contribution is 2.26. The van der Waals surface area contributed by atoms with Crippen molar-refractivity contribution < 1.29 is 4.79 Å². The lowest BCUT2D eigenvalue weighted by molar-refractivity contribution is -0.128. The zero-order valence-corrected chi connectivity index (χ0v) is 12.3. The maximum absolute atomic E-state index is 12.2. The fourth-order valence-electron chi connectivity index (χ4n) is 2.35. The van der Waals surface area contributed by atoms with E-state index in [-0.39, 0.29) is 5.91 Å². The van der Waals surface area contributed by atoms with Gasteiger partial charge in [-0.15, -0.1) is 11.8 Å². The van der Waals surface area contributed by atoms with Gasteiger partial charge in [-0.3, -0.25) is 4.79 Å². The molecule has 0 bridgehead atoms. The smallest absolute Gasteiger partial charge is 0.232 e. The minimum Gasteiger partial charge on any atom is -0.398 e. The second kappa shape index (κ2) is 6.85. The SMILES string of the molecule is Cc1ccc(SCC(=O)N2CCCCCC2)c(N)c1. The Morgan fingerprint density at radius 1 is 1.26 bits per heavy atom. The largest absolute Gasteiger partial charge is 0.398 e. The van der Waals surface area contributed by atoms with Gasteiger partial charge in [-0.25, -0.2) is 0 Å². The summed E-state index contributed by atoms with van der Waals surface area (Å²) in [6.07, 6.45) is 4.79. The van der Waals surface area contributed by atoms with Crippen molar-refractivity contribution in [3.8, 4) is 0 Å². The van der Waals surface area contributed by atoms with E-state index < -0.39 is 0 Å². The fourth-order valence-corrected chi connectivity index (χ4v) is 3.20. The highest BCUT2D eigenvalue weighted by Gasteiger charge is 2.15. The van der Waals surface area contributed by atoms with E-state index in [1.165, 1.54) is 12.8 Å². The summed E-state index contributed by atoms with van der Waals surface area (Å²) < 4.78 is 0. The van der Waals surface area contributed by atoms with Crippen LogP contribution in [0.3, 0.4) is 0 Å². The molecular weight excluding hydrogens is 256 g/mol. The lowest BCUT2D eigenvalue weighted by atomic mass is 10.2. The molecule has 2 N–H and O–H groups in total.